The van der Waals surface area contributed by atoms with Crippen LogP contribution in [-0.4, -0.2) is 38.0 Å². The molecule has 0 saturated heterocycles. The normalized spacial score (nSPS) is 14.7. The van der Waals surface area contributed by atoms with Gasteiger partial charge in [-0.1, -0.05) is 0 Å². The van der Waals surface area contributed by atoms with Gasteiger partial charge in [-0.15, -0.1) is 0 Å². The fourth-order valence-electron chi connectivity index (χ4n) is 3.43. The average Bonchev–Trinajstić information content (AvgIpc) is 3.33. The molecule has 9 heteroatoms. The monoisotopic (exact) mass is 410 g/mol. The maximum atomic E-state index is 11.7. The van der Waals surface area contributed by atoms with Crippen LogP contribution in [0, 0.1) is 0 Å². The molecule has 0 fully saturated rings. The Bertz CT molecular complexity index is 1200. The number of rotatable bonds is 4. The molecule has 0 amide bonds. The van der Waals surface area contributed by atoms with Crippen molar-refractivity contribution in [3.8, 4) is 11.5 Å². The standard InChI is InChI=1S/C20H18N4O4S/c1-29(25,26)16-5-3-15(4-6-16)24-9-8-13-11-21-20(23-19(13)24)22-14-2-7-17-18(10-14)28-12-27-17/h2-7,10-11H,8-9,12H2,1H3,(H,21,22,23). The molecule has 2 aromatic carbocycles. The van der Waals surface area contributed by atoms with Crippen molar-refractivity contribution in [3.63, 3.8) is 0 Å². The Morgan fingerprint density at radius 1 is 1.07 bits per heavy atom. The summed E-state index contributed by atoms with van der Waals surface area (Å²) in [5, 5.41) is 3.20. The van der Waals surface area contributed by atoms with Gasteiger partial charge < -0.3 is 19.7 Å². The number of nitrogens with one attached hydrogen (secondary N) is 1. The van der Waals surface area contributed by atoms with Crippen LogP contribution in [-0.2, 0) is 16.3 Å². The summed E-state index contributed by atoms with van der Waals surface area (Å²) >= 11 is 0. The Labute approximate surface area is 168 Å². The number of anilines is 4. The number of ether oxygens (including phenoxy) is 2. The maximum absolute atomic E-state index is 11.7. The molecule has 0 bridgehead atoms. The summed E-state index contributed by atoms with van der Waals surface area (Å²) in [5.41, 5.74) is 2.74. The first-order valence-electron chi connectivity index (χ1n) is 9.08. The molecule has 0 spiro atoms. The van der Waals surface area contributed by atoms with E-state index in [1.807, 2.05) is 24.4 Å². The molecule has 0 aliphatic carbocycles. The van der Waals surface area contributed by atoms with Crippen molar-refractivity contribution in [2.45, 2.75) is 11.3 Å². The first-order chi connectivity index (χ1) is 14.0. The summed E-state index contributed by atoms with van der Waals surface area (Å²) in [6, 6.07) is 12.4. The van der Waals surface area contributed by atoms with E-state index >= 15 is 0 Å². The Balaban J connectivity index is 1.42. The molecule has 2 aliphatic heterocycles. The van der Waals surface area contributed by atoms with Crippen LogP contribution >= 0.6 is 0 Å². The summed E-state index contributed by atoms with van der Waals surface area (Å²) in [5.74, 6) is 2.69. The second-order valence-corrected chi connectivity index (χ2v) is 8.92. The fourth-order valence-corrected chi connectivity index (χ4v) is 4.06. The summed E-state index contributed by atoms with van der Waals surface area (Å²) in [6.07, 6.45) is 3.85. The average molecular weight is 410 g/mol. The molecule has 0 radical (unpaired) electrons. The van der Waals surface area contributed by atoms with Gasteiger partial charge in [0.1, 0.15) is 5.82 Å². The van der Waals surface area contributed by atoms with E-state index in [1.165, 1.54) is 6.26 Å². The van der Waals surface area contributed by atoms with Crippen LogP contribution in [0.5, 0.6) is 11.5 Å². The van der Waals surface area contributed by atoms with Crippen molar-refractivity contribution in [1.29, 1.82) is 0 Å². The van der Waals surface area contributed by atoms with E-state index in [9.17, 15) is 8.42 Å². The topological polar surface area (TPSA) is 93.7 Å². The molecule has 3 heterocycles. The molecule has 0 atom stereocenters. The molecule has 8 nitrogen and oxygen atoms in total. The summed E-state index contributed by atoms with van der Waals surface area (Å²) in [7, 11) is -3.22. The predicted octanol–water partition coefficient (Wildman–Crippen LogP) is 3.05. The zero-order valence-corrected chi connectivity index (χ0v) is 16.4. The van der Waals surface area contributed by atoms with Crippen LogP contribution in [0.15, 0.2) is 53.6 Å². The van der Waals surface area contributed by atoms with E-state index in [2.05, 4.69) is 20.2 Å². The van der Waals surface area contributed by atoms with Crippen molar-refractivity contribution in [3.05, 3.63) is 54.2 Å². The van der Waals surface area contributed by atoms with E-state index in [1.54, 1.807) is 24.3 Å². The number of nitrogens with zero attached hydrogens (tertiary/aromatic N) is 3. The highest BCUT2D eigenvalue weighted by molar-refractivity contribution is 7.90. The Morgan fingerprint density at radius 3 is 2.66 bits per heavy atom. The first-order valence-corrected chi connectivity index (χ1v) is 11.0. The molecule has 1 aromatic heterocycles. The van der Waals surface area contributed by atoms with E-state index in [0.717, 1.165) is 35.7 Å². The minimum atomic E-state index is -3.22. The number of benzene rings is 2. The smallest absolute Gasteiger partial charge is 0.231 e. The van der Waals surface area contributed by atoms with E-state index in [4.69, 9.17) is 9.47 Å². The van der Waals surface area contributed by atoms with Gasteiger partial charge in [0.15, 0.2) is 21.3 Å². The van der Waals surface area contributed by atoms with Crippen LogP contribution in [0.25, 0.3) is 0 Å². The number of aromatic nitrogens is 2. The third-order valence-electron chi connectivity index (χ3n) is 4.91. The van der Waals surface area contributed by atoms with Gasteiger partial charge in [-0.25, -0.2) is 13.4 Å². The number of fused-ring (bicyclic) bond motifs is 2. The zero-order valence-electron chi connectivity index (χ0n) is 15.6. The highest BCUT2D eigenvalue weighted by Gasteiger charge is 2.24. The number of sulfone groups is 1. The highest BCUT2D eigenvalue weighted by Crippen LogP contribution is 2.36. The molecule has 2 aliphatic rings. The zero-order chi connectivity index (χ0) is 20.0. The van der Waals surface area contributed by atoms with Crippen LogP contribution < -0.4 is 19.7 Å². The van der Waals surface area contributed by atoms with Crippen LogP contribution in [0.2, 0.25) is 0 Å². The van der Waals surface area contributed by atoms with Gasteiger partial charge in [0.2, 0.25) is 12.7 Å². The number of hydrogen-bond acceptors (Lipinski definition) is 8. The Kier molecular flexibility index (Phi) is 4.06. The van der Waals surface area contributed by atoms with Crippen molar-refractivity contribution < 1.29 is 17.9 Å². The minimum absolute atomic E-state index is 0.223. The number of hydrogen-bond donors (Lipinski definition) is 1. The van der Waals surface area contributed by atoms with Gasteiger partial charge >= 0.3 is 0 Å². The highest BCUT2D eigenvalue weighted by atomic mass is 32.2. The maximum Gasteiger partial charge on any atom is 0.231 e. The molecule has 5 rings (SSSR count). The van der Waals surface area contributed by atoms with Gasteiger partial charge in [0, 0.05) is 42.0 Å². The quantitative estimate of drug-likeness (QED) is 0.701. The lowest BCUT2D eigenvalue weighted by molar-refractivity contribution is 0.174. The van der Waals surface area contributed by atoms with E-state index < -0.39 is 9.84 Å². The van der Waals surface area contributed by atoms with Gasteiger partial charge in [0.05, 0.1) is 4.90 Å². The molecule has 0 unspecified atom stereocenters. The van der Waals surface area contributed by atoms with Gasteiger partial charge in [-0.3, -0.25) is 0 Å². The van der Waals surface area contributed by atoms with Crippen molar-refractivity contribution in [2.75, 3.05) is 29.8 Å². The van der Waals surface area contributed by atoms with E-state index in [-0.39, 0.29) is 6.79 Å². The van der Waals surface area contributed by atoms with Crippen LogP contribution in [0.3, 0.4) is 0 Å². The third-order valence-corrected chi connectivity index (χ3v) is 6.04. The van der Waals surface area contributed by atoms with E-state index in [0.29, 0.717) is 22.3 Å². The second kappa shape index (κ2) is 6.63. The van der Waals surface area contributed by atoms with Gasteiger partial charge in [-0.2, -0.15) is 4.98 Å². The third kappa shape index (κ3) is 3.33. The fraction of sp³-hybridized carbons (Fsp3) is 0.200. The molecular formula is C20H18N4O4S. The van der Waals surface area contributed by atoms with Crippen molar-refractivity contribution in [1.82, 2.24) is 9.97 Å². The summed E-state index contributed by atoms with van der Waals surface area (Å²) < 4.78 is 34.1. The lowest BCUT2D eigenvalue weighted by Gasteiger charge is -2.19. The predicted molar refractivity (Wildman–Crippen MR) is 108 cm³/mol. The molecule has 148 valence electrons. The molecule has 0 saturated carbocycles. The Hall–Kier alpha value is -3.33. The summed E-state index contributed by atoms with van der Waals surface area (Å²) in [4.78, 5) is 11.5. The molecule has 1 N–H and O–H groups in total. The van der Waals surface area contributed by atoms with Gasteiger partial charge in [-0.05, 0) is 42.8 Å². The lowest BCUT2D eigenvalue weighted by atomic mass is 10.2. The molecule has 29 heavy (non-hydrogen) atoms. The molecule has 3 aromatic rings. The van der Waals surface area contributed by atoms with Crippen molar-refractivity contribution in [2.24, 2.45) is 0 Å². The van der Waals surface area contributed by atoms with Crippen LogP contribution in [0.1, 0.15) is 5.56 Å². The second-order valence-electron chi connectivity index (χ2n) is 6.90. The van der Waals surface area contributed by atoms with Crippen LogP contribution in [0.4, 0.5) is 23.1 Å². The van der Waals surface area contributed by atoms with Gasteiger partial charge in [0.25, 0.3) is 0 Å². The first kappa shape index (κ1) is 17.7. The SMILES string of the molecule is CS(=O)(=O)c1ccc(N2CCc3cnc(Nc4ccc5c(c4)OCO5)nc32)cc1. The summed E-state index contributed by atoms with van der Waals surface area (Å²) in [6.45, 7) is 0.983. The minimum Gasteiger partial charge on any atom is -0.454 e. The largest absolute Gasteiger partial charge is 0.454 e. The Morgan fingerprint density at radius 2 is 1.86 bits per heavy atom. The lowest BCUT2D eigenvalue weighted by Crippen LogP contribution is -2.15. The molecular weight excluding hydrogens is 392 g/mol. The van der Waals surface area contributed by atoms with Crippen molar-refractivity contribution >= 4 is 33.0 Å².